The first-order valence-electron chi connectivity index (χ1n) is 10.4. The second-order valence-corrected chi connectivity index (χ2v) is 9.32. The zero-order valence-corrected chi connectivity index (χ0v) is 19.6. The van der Waals surface area contributed by atoms with Gasteiger partial charge < -0.3 is 9.84 Å². The summed E-state index contributed by atoms with van der Waals surface area (Å²) in [4.78, 5) is 11.3. The number of aromatic carboxylic acids is 1. The lowest BCUT2D eigenvalue weighted by Gasteiger charge is -2.13. The molecule has 6 nitrogen and oxygen atoms in total. The van der Waals surface area contributed by atoms with Crippen LogP contribution in [0.3, 0.4) is 0 Å². The fraction of sp³-hybridized carbons (Fsp3) is 0.0741. The van der Waals surface area contributed by atoms with Gasteiger partial charge >= 0.3 is 5.97 Å². The van der Waals surface area contributed by atoms with Crippen molar-refractivity contribution in [3.63, 3.8) is 0 Å². The molecule has 4 aromatic carbocycles. The van der Waals surface area contributed by atoms with E-state index >= 15 is 0 Å². The number of hydrogen-bond acceptors (Lipinski definition) is 4. The van der Waals surface area contributed by atoms with Crippen molar-refractivity contribution in [2.24, 2.45) is 0 Å². The molecule has 0 bridgehead atoms. The van der Waals surface area contributed by atoms with E-state index in [-0.39, 0.29) is 21.7 Å². The van der Waals surface area contributed by atoms with Crippen LogP contribution in [0.5, 0.6) is 5.75 Å². The van der Waals surface area contributed by atoms with E-state index in [1.807, 2.05) is 0 Å². The maximum Gasteiger partial charge on any atom is 0.338 e. The standard InChI is InChI=1S/C27H20FNO5S/c1-17-15-18(16-22(28)26(17)27(30)31)11-12-19-7-3-6-10-23(19)29-35(32,33)25-14-13-24(34-2)20-8-4-5-9-21(20)25/h3-10,13-16,29H,1-2H3,(H,30,31). The van der Waals surface area contributed by atoms with Gasteiger partial charge in [0.2, 0.25) is 0 Å². The highest BCUT2D eigenvalue weighted by Crippen LogP contribution is 2.32. The topological polar surface area (TPSA) is 92.7 Å². The molecule has 0 spiro atoms. The molecule has 0 heterocycles. The SMILES string of the molecule is COc1ccc(S(=O)(=O)Nc2ccccc2C#Cc2cc(C)c(C(=O)O)c(F)c2)c2ccccc12. The summed E-state index contributed by atoms with van der Waals surface area (Å²) in [6.07, 6.45) is 0. The van der Waals surface area contributed by atoms with Crippen LogP contribution in [0.1, 0.15) is 27.0 Å². The minimum Gasteiger partial charge on any atom is -0.496 e. The molecule has 8 heteroatoms. The number of nitrogens with one attached hydrogen (secondary N) is 1. The van der Waals surface area contributed by atoms with Gasteiger partial charge in [-0.15, -0.1) is 0 Å². The van der Waals surface area contributed by atoms with Crippen LogP contribution in [0.2, 0.25) is 0 Å². The Labute approximate surface area is 202 Å². The van der Waals surface area contributed by atoms with Gasteiger partial charge in [0.25, 0.3) is 10.0 Å². The van der Waals surface area contributed by atoms with Crippen molar-refractivity contribution in [3.05, 3.63) is 101 Å². The molecule has 0 unspecified atom stereocenters. The third kappa shape index (κ3) is 4.81. The number of carboxylic acids is 1. The van der Waals surface area contributed by atoms with Crippen molar-refractivity contribution in [1.29, 1.82) is 0 Å². The van der Waals surface area contributed by atoms with Gasteiger partial charge in [0, 0.05) is 21.9 Å². The molecule has 0 saturated heterocycles. The number of ether oxygens (including phenoxy) is 1. The average Bonchev–Trinajstić information content (AvgIpc) is 2.82. The number of carbonyl (C=O) groups is 1. The molecule has 2 N–H and O–H groups in total. The van der Waals surface area contributed by atoms with Gasteiger partial charge in [-0.3, -0.25) is 4.72 Å². The van der Waals surface area contributed by atoms with Crippen molar-refractivity contribution >= 4 is 32.5 Å². The molecular formula is C27H20FNO5S. The smallest absolute Gasteiger partial charge is 0.338 e. The van der Waals surface area contributed by atoms with Crippen molar-refractivity contribution < 1.29 is 27.4 Å². The lowest BCUT2D eigenvalue weighted by Crippen LogP contribution is -2.14. The van der Waals surface area contributed by atoms with Gasteiger partial charge in [-0.2, -0.15) is 0 Å². The Hall–Kier alpha value is -4.35. The average molecular weight is 490 g/mol. The quantitative estimate of drug-likeness (QED) is 0.376. The first-order chi connectivity index (χ1) is 16.7. The molecule has 0 aliphatic heterocycles. The number of anilines is 1. The van der Waals surface area contributed by atoms with Crippen molar-refractivity contribution in [3.8, 4) is 17.6 Å². The molecule has 0 aliphatic carbocycles. The third-order valence-electron chi connectivity index (χ3n) is 5.37. The maximum absolute atomic E-state index is 14.2. The van der Waals surface area contributed by atoms with E-state index in [1.54, 1.807) is 54.6 Å². The number of fused-ring (bicyclic) bond motifs is 1. The number of rotatable bonds is 5. The molecule has 0 amide bonds. The zero-order chi connectivity index (χ0) is 25.2. The number of halogens is 1. The Morgan fingerprint density at radius 3 is 2.34 bits per heavy atom. The fourth-order valence-corrected chi connectivity index (χ4v) is 5.06. The van der Waals surface area contributed by atoms with E-state index in [0.717, 1.165) is 6.07 Å². The largest absolute Gasteiger partial charge is 0.496 e. The van der Waals surface area contributed by atoms with Crippen molar-refractivity contribution in [2.45, 2.75) is 11.8 Å². The molecular weight excluding hydrogens is 469 g/mol. The lowest BCUT2D eigenvalue weighted by atomic mass is 10.0. The van der Waals surface area contributed by atoms with Crippen molar-refractivity contribution in [2.75, 3.05) is 11.8 Å². The molecule has 0 aromatic heterocycles. The summed E-state index contributed by atoms with van der Waals surface area (Å²) < 4.78 is 48.8. The summed E-state index contributed by atoms with van der Waals surface area (Å²) in [6, 6.07) is 19.2. The summed E-state index contributed by atoms with van der Waals surface area (Å²) in [5, 5.41) is 10.3. The number of aryl methyl sites for hydroxylation is 1. The van der Waals surface area contributed by atoms with Crippen LogP contribution in [0.4, 0.5) is 10.1 Å². The lowest BCUT2D eigenvalue weighted by molar-refractivity contribution is 0.0691. The minimum atomic E-state index is -4.00. The van der Waals surface area contributed by atoms with Crippen LogP contribution in [0, 0.1) is 24.6 Å². The first kappa shape index (κ1) is 23.8. The summed E-state index contributed by atoms with van der Waals surface area (Å²) >= 11 is 0. The van der Waals surface area contributed by atoms with Crippen LogP contribution in [0.15, 0.2) is 77.7 Å². The minimum absolute atomic E-state index is 0.0821. The van der Waals surface area contributed by atoms with Crippen LogP contribution in [0.25, 0.3) is 10.8 Å². The van der Waals surface area contributed by atoms with Gasteiger partial charge in [0.05, 0.1) is 23.3 Å². The summed E-state index contributed by atoms with van der Waals surface area (Å²) in [5.41, 5.74) is 0.718. The van der Waals surface area contributed by atoms with Gasteiger partial charge in [-0.1, -0.05) is 48.2 Å². The number of para-hydroxylation sites is 1. The number of hydrogen-bond donors (Lipinski definition) is 2. The molecule has 0 saturated carbocycles. The normalized spacial score (nSPS) is 10.9. The molecule has 4 rings (SSSR count). The number of carboxylic acid groups (broad SMARTS) is 1. The van der Waals surface area contributed by atoms with E-state index in [4.69, 9.17) is 9.84 Å². The molecule has 176 valence electrons. The van der Waals surface area contributed by atoms with Gasteiger partial charge in [0.15, 0.2) is 0 Å². The highest BCUT2D eigenvalue weighted by molar-refractivity contribution is 7.93. The highest BCUT2D eigenvalue weighted by atomic mass is 32.2. The highest BCUT2D eigenvalue weighted by Gasteiger charge is 2.20. The molecule has 4 aromatic rings. The summed E-state index contributed by atoms with van der Waals surface area (Å²) in [6.45, 7) is 1.49. The van der Waals surface area contributed by atoms with Crippen molar-refractivity contribution in [1.82, 2.24) is 0 Å². The van der Waals surface area contributed by atoms with E-state index in [9.17, 15) is 17.6 Å². The Morgan fingerprint density at radius 1 is 0.971 bits per heavy atom. The molecule has 0 atom stereocenters. The van der Waals surface area contributed by atoms with E-state index < -0.39 is 27.4 Å². The van der Waals surface area contributed by atoms with E-state index in [0.29, 0.717) is 22.1 Å². The zero-order valence-electron chi connectivity index (χ0n) is 18.8. The van der Waals surface area contributed by atoms with Crippen LogP contribution in [-0.2, 0) is 10.0 Å². The summed E-state index contributed by atoms with van der Waals surface area (Å²) in [7, 11) is -2.48. The first-order valence-corrected chi connectivity index (χ1v) is 11.9. The second kappa shape index (κ2) is 9.49. The molecule has 0 aliphatic rings. The second-order valence-electron chi connectivity index (χ2n) is 7.67. The Kier molecular flexibility index (Phi) is 6.45. The number of sulfonamides is 1. The predicted molar refractivity (Wildman–Crippen MR) is 132 cm³/mol. The Morgan fingerprint density at radius 2 is 1.66 bits per heavy atom. The number of methoxy groups -OCH3 is 1. The Bertz CT molecular complexity index is 1610. The van der Waals surface area contributed by atoms with Crippen LogP contribution < -0.4 is 9.46 Å². The van der Waals surface area contributed by atoms with Gasteiger partial charge in [-0.25, -0.2) is 17.6 Å². The monoisotopic (exact) mass is 489 g/mol. The Balaban J connectivity index is 1.72. The predicted octanol–water partition coefficient (Wildman–Crippen LogP) is 5.19. The van der Waals surface area contributed by atoms with Gasteiger partial charge in [-0.05, 0) is 48.9 Å². The van der Waals surface area contributed by atoms with Gasteiger partial charge in [0.1, 0.15) is 11.6 Å². The van der Waals surface area contributed by atoms with Crippen LogP contribution >= 0.6 is 0 Å². The van der Waals surface area contributed by atoms with Crippen LogP contribution in [-0.4, -0.2) is 26.6 Å². The van der Waals surface area contributed by atoms with E-state index in [2.05, 4.69) is 16.6 Å². The molecule has 0 fully saturated rings. The summed E-state index contributed by atoms with van der Waals surface area (Å²) in [5.74, 6) is 3.95. The molecule has 35 heavy (non-hydrogen) atoms. The fourth-order valence-electron chi connectivity index (χ4n) is 3.76. The van der Waals surface area contributed by atoms with E-state index in [1.165, 1.54) is 26.2 Å². The maximum atomic E-state index is 14.2. The third-order valence-corrected chi connectivity index (χ3v) is 6.79. The number of benzene rings is 4. The molecule has 0 radical (unpaired) electrons.